The zero-order valence-corrected chi connectivity index (χ0v) is 19.3. The van der Waals surface area contributed by atoms with Crippen LogP contribution in [0.25, 0.3) is 0 Å². The Labute approximate surface area is 180 Å². The average Bonchev–Trinajstić information content (AvgIpc) is 2.72. The lowest BCUT2D eigenvalue weighted by molar-refractivity contribution is 0.0779. The number of carbonyl (C=O) groups excluding carboxylic acids is 1. The maximum absolute atomic E-state index is 12.6. The van der Waals surface area contributed by atoms with Crippen LogP contribution in [-0.2, 0) is 26.7 Å². The molecule has 6 nitrogen and oxygen atoms in total. The topological polar surface area (TPSA) is 75.7 Å². The van der Waals surface area contributed by atoms with Gasteiger partial charge < -0.3 is 9.64 Å². The van der Waals surface area contributed by atoms with Crippen molar-refractivity contribution in [2.24, 2.45) is 0 Å². The number of carbonyl (C=O) groups is 1. The van der Waals surface area contributed by atoms with E-state index in [4.69, 9.17) is 4.74 Å². The quantitative estimate of drug-likeness (QED) is 0.615. The molecule has 0 saturated heterocycles. The largest absolute Gasteiger partial charge is 0.385 e. The van der Waals surface area contributed by atoms with Crippen LogP contribution in [0.15, 0.2) is 53.4 Å². The molecule has 0 radical (unpaired) electrons. The van der Waals surface area contributed by atoms with Gasteiger partial charge in [-0.1, -0.05) is 45.0 Å². The monoisotopic (exact) mass is 432 g/mol. The van der Waals surface area contributed by atoms with E-state index in [9.17, 15) is 13.2 Å². The van der Waals surface area contributed by atoms with Gasteiger partial charge in [0.1, 0.15) is 0 Å². The van der Waals surface area contributed by atoms with Crippen LogP contribution in [0.5, 0.6) is 0 Å². The van der Waals surface area contributed by atoms with E-state index < -0.39 is 10.0 Å². The minimum atomic E-state index is -3.61. The number of amides is 1. The average molecular weight is 433 g/mol. The number of benzene rings is 2. The molecular formula is C23H32N2O4S. The van der Waals surface area contributed by atoms with Crippen molar-refractivity contribution >= 4 is 15.9 Å². The minimum Gasteiger partial charge on any atom is -0.385 e. The van der Waals surface area contributed by atoms with Crippen molar-refractivity contribution in [2.45, 2.75) is 44.0 Å². The second-order valence-electron chi connectivity index (χ2n) is 8.37. The van der Waals surface area contributed by atoms with Gasteiger partial charge in [-0.2, -0.15) is 0 Å². The second-order valence-corrected chi connectivity index (χ2v) is 10.1. The van der Waals surface area contributed by atoms with Crippen LogP contribution in [-0.4, -0.2) is 46.5 Å². The summed E-state index contributed by atoms with van der Waals surface area (Å²) in [7, 11) is -0.221. The lowest BCUT2D eigenvalue weighted by atomic mass is 9.87. The third-order valence-corrected chi connectivity index (χ3v) is 6.30. The molecule has 0 aliphatic rings. The van der Waals surface area contributed by atoms with Gasteiger partial charge in [-0.05, 0) is 47.2 Å². The molecular weight excluding hydrogens is 400 g/mol. The summed E-state index contributed by atoms with van der Waals surface area (Å²) in [6.07, 6.45) is 0.773. The van der Waals surface area contributed by atoms with Crippen LogP contribution in [0.2, 0.25) is 0 Å². The van der Waals surface area contributed by atoms with Crippen molar-refractivity contribution in [1.82, 2.24) is 9.62 Å². The SMILES string of the molecule is COCCCN(C)C(=O)c1ccc(CNS(=O)(=O)c2ccc(C(C)(C)C)cc2)cc1. The van der Waals surface area contributed by atoms with Gasteiger partial charge in [0, 0.05) is 39.4 Å². The first-order chi connectivity index (χ1) is 14.0. The van der Waals surface area contributed by atoms with E-state index in [1.54, 1.807) is 55.5 Å². The van der Waals surface area contributed by atoms with Crippen LogP contribution >= 0.6 is 0 Å². The normalized spacial score (nSPS) is 12.0. The third kappa shape index (κ3) is 6.65. The Bertz CT molecular complexity index is 931. The molecule has 2 aromatic carbocycles. The summed E-state index contributed by atoms with van der Waals surface area (Å²) in [4.78, 5) is 14.3. The van der Waals surface area contributed by atoms with E-state index in [0.29, 0.717) is 18.7 Å². The molecule has 0 aliphatic heterocycles. The molecule has 0 aliphatic carbocycles. The molecule has 0 heterocycles. The summed E-state index contributed by atoms with van der Waals surface area (Å²) < 4.78 is 32.8. The fraction of sp³-hybridized carbons (Fsp3) is 0.435. The van der Waals surface area contributed by atoms with Crippen LogP contribution in [0.3, 0.4) is 0 Å². The van der Waals surface area contributed by atoms with Gasteiger partial charge in [-0.3, -0.25) is 4.79 Å². The standard InChI is InChI=1S/C23H32N2O4S/c1-23(2,3)20-11-13-21(14-12-20)30(27,28)24-17-18-7-9-19(10-8-18)22(26)25(4)15-6-16-29-5/h7-14,24H,6,15-17H2,1-5H3. The molecule has 0 fully saturated rings. The van der Waals surface area contributed by atoms with Gasteiger partial charge in [0.15, 0.2) is 0 Å². The van der Waals surface area contributed by atoms with Crippen molar-refractivity contribution in [2.75, 3.05) is 27.3 Å². The van der Waals surface area contributed by atoms with Crippen molar-refractivity contribution < 1.29 is 17.9 Å². The summed E-state index contributed by atoms with van der Waals surface area (Å²) in [5, 5.41) is 0. The summed E-state index contributed by atoms with van der Waals surface area (Å²) >= 11 is 0. The summed E-state index contributed by atoms with van der Waals surface area (Å²) in [5.41, 5.74) is 2.39. The van der Waals surface area contributed by atoms with Gasteiger partial charge >= 0.3 is 0 Å². The minimum absolute atomic E-state index is 0.0350. The van der Waals surface area contributed by atoms with Gasteiger partial charge in [-0.25, -0.2) is 13.1 Å². The Balaban J connectivity index is 1.98. The molecule has 0 atom stereocenters. The highest BCUT2D eigenvalue weighted by molar-refractivity contribution is 7.89. The number of nitrogens with one attached hydrogen (secondary N) is 1. The van der Waals surface area contributed by atoms with Crippen molar-refractivity contribution in [3.05, 3.63) is 65.2 Å². The maximum atomic E-state index is 12.6. The first-order valence-corrected chi connectivity index (χ1v) is 11.5. The fourth-order valence-corrected chi connectivity index (χ4v) is 3.95. The number of hydrogen-bond donors (Lipinski definition) is 1. The van der Waals surface area contributed by atoms with E-state index in [1.165, 1.54) is 0 Å². The highest BCUT2D eigenvalue weighted by Crippen LogP contribution is 2.23. The summed E-state index contributed by atoms with van der Waals surface area (Å²) in [6, 6.07) is 13.9. The number of rotatable bonds is 9. The number of sulfonamides is 1. The Hall–Kier alpha value is -2.22. The Morgan fingerprint density at radius 2 is 1.63 bits per heavy atom. The smallest absolute Gasteiger partial charge is 0.253 e. The molecule has 0 saturated carbocycles. The molecule has 0 bridgehead atoms. The van der Waals surface area contributed by atoms with Crippen LogP contribution in [0, 0.1) is 0 Å². The number of ether oxygens (including phenoxy) is 1. The van der Waals surface area contributed by atoms with Gasteiger partial charge in [0.25, 0.3) is 5.91 Å². The molecule has 0 spiro atoms. The van der Waals surface area contributed by atoms with Crippen molar-refractivity contribution in [3.8, 4) is 0 Å². The zero-order valence-electron chi connectivity index (χ0n) is 18.4. The third-order valence-electron chi connectivity index (χ3n) is 4.89. The fourth-order valence-electron chi connectivity index (χ4n) is 2.93. The van der Waals surface area contributed by atoms with Gasteiger partial charge in [0.05, 0.1) is 4.90 Å². The van der Waals surface area contributed by atoms with E-state index >= 15 is 0 Å². The maximum Gasteiger partial charge on any atom is 0.253 e. The van der Waals surface area contributed by atoms with E-state index in [1.807, 2.05) is 12.1 Å². The predicted octanol–water partition coefficient (Wildman–Crippen LogP) is 3.57. The molecule has 1 N–H and O–H groups in total. The summed E-state index contributed by atoms with van der Waals surface area (Å²) in [5.74, 6) is -0.0721. The van der Waals surface area contributed by atoms with Crippen LogP contribution in [0.1, 0.15) is 48.7 Å². The molecule has 0 unspecified atom stereocenters. The molecule has 0 aromatic heterocycles. The summed E-state index contributed by atoms with van der Waals surface area (Å²) in [6.45, 7) is 7.63. The number of nitrogens with zero attached hydrogens (tertiary/aromatic N) is 1. The van der Waals surface area contributed by atoms with Gasteiger partial charge in [-0.15, -0.1) is 0 Å². The van der Waals surface area contributed by atoms with Crippen LogP contribution < -0.4 is 4.72 Å². The van der Waals surface area contributed by atoms with E-state index in [2.05, 4.69) is 25.5 Å². The number of hydrogen-bond acceptors (Lipinski definition) is 4. The zero-order chi connectivity index (χ0) is 22.4. The molecule has 30 heavy (non-hydrogen) atoms. The van der Waals surface area contributed by atoms with Crippen molar-refractivity contribution in [3.63, 3.8) is 0 Å². The first kappa shape index (κ1) is 24.1. The Morgan fingerprint density at radius 1 is 1.03 bits per heavy atom. The van der Waals surface area contributed by atoms with E-state index in [-0.39, 0.29) is 22.8 Å². The van der Waals surface area contributed by atoms with Crippen LogP contribution in [0.4, 0.5) is 0 Å². The Morgan fingerprint density at radius 3 is 2.17 bits per heavy atom. The molecule has 164 valence electrons. The number of methoxy groups -OCH3 is 1. The van der Waals surface area contributed by atoms with E-state index in [0.717, 1.165) is 17.5 Å². The first-order valence-electron chi connectivity index (χ1n) is 9.98. The molecule has 2 aromatic rings. The molecule has 2 rings (SSSR count). The van der Waals surface area contributed by atoms with Gasteiger partial charge in [0.2, 0.25) is 10.0 Å². The molecule has 1 amide bonds. The predicted molar refractivity (Wildman–Crippen MR) is 119 cm³/mol. The highest BCUT2D eigenvalue weighted by Gasteiger charge is 2.17. The highest BCUT2D eigenvalue weighted by atomic mass is 32.2. The second kappa shape index (κ2) is 10.2. The molecule has 7 heteroatoms. The lowest BCUT2D eigenvalue weighted by Gasteiger charge is -2.19. The van der Waals surface area contributed by atoms with Crippen molar-refractivity contribution in [1.29, 1.82) is 0 Å². The lowest BCUT2D eigenvalue weighted by Crippen LogP contribution is -2.28. The Kier molecular flexibility index (Phi) is 8.18.